The summed E-state index contributed by atoms with van der Waals surface area (Å²) in [5.74, 6) is -0.553. The van der Waals surface area contributed by atoms with Crippen molar-refractivity contribution < 1.29 is 22.9 Å². The SMILES string of the molecule is COC(=O)CCN(C)S(=O)(=O)c1cc([N+](=O)[O-])c(Cl)s1. The fraction of sp³-hybridized carbons (Fsp3) is 0.444. The summed E-state index contributed by atoms with van der Waals surface area (Å²) in [6.45, 7) is -0.0989. The van der Waals surface area contributed by atoms with Crippen molar-refractivity contribution in [1.29, 1.82) is 0 Å². The predicted molar refractivity (Wildman–Crippen MR) is 72.4 cm³/mol. The van der Waals surface area contributed by atoms with Gasteiger partial charge in [-0.3, -0.25) is 14.9 Å². The van der Waals surface area contributed by atoms with Crippen LogP contribution in [0.25, 0.3) is 0 Å². The zero-order valence-corrected chi connectivity index (χ0v) is 12.9. The van der Waals surface area contributed by atoms with Gasteiger partial charge in [0.05, 0.1) is 18.5 Å². The van der Waals surface area contributed by atoms with E-state index in [1.165, 1.54) is 14.2 Å². The molecule has 20 heavy (non-hydrogen) atoms. The van der Waals surface area contributed by atoms with Crippen molar-refractivity contribution in [1.82, 2.24) is 4.31 Å². The highest BCUT2D eigenvalue weighted by Gasteiger charge is 2.28. The fourth-order valence-corrected chi connectivity index (χ4v) is 4.26. The van der Waals surface area contributed by atoms with E-state index in [0.717, 1.165) is 10.4 Å². The topological polar surface area (TPSA) is 107 Å². The minimum atomic E-state index is -3.92. The van der Waals surface area contributed by atoms with Crippen molar-refractivity contribution in [2.45, 2.75) is 10.6 Å². The van der Waals surface area contributed by atoms with Crippen molar-refractivity contribution >= 4 is 44.6 Å². The van der Waals surface area contributed by atoms with Gasteiger partial charge in [0.15, 0.2) is 4.34 Å². The number of halogens is 1. The highest BCUT2D eigenvalue weighted by atomic mass is 35.5. The number of carbonyl (C=O) groups is 1. The van der Waals surface area contributed by atoms with Crippen LogP contribution >= 0.6 is 22.9 Å². The lowest BCUT2D eigenvalue weighted by molar-refractivity contribution is -0.384. The molecule has 0 atom stereocenters. The normalized spacial score (nSPS) is 11.6. The third-order valence-corrected chi connectivity index (χ3v) is 6.01. The molecule has 0 saturated carbocycles. The summed E-state index contributed by atoms with van der Waals surface area (Å²) in [6, 6.07) is 0.900. The molecule has 0 N–H and O–H groups in total. The van der Waals surface area contributed by atoms with E-state index in [4.69, 9.17) is 11.6 Å². The second-order valence-electron chi connectivity index (χ2n) is 3.63. The van der Waals surface area contributed by atoms with Crippen LogP contribution in [0.4, 0.5) is 5.69 Å². The van der Waals surface area contributed by atoms with Crippen molar-refractivity contribution in [3.05, 3.63) is 20.5 Å². The number of nitro groups is 1. The lowest BCUT2D eigenvalue weighted by Gasteiger charge is -2.14. The van der Waals surface area contributed by atoms with Crippen LogP contribution in [0.3, 0.4) is 0 Å². The number of nitrogens with zero attached hydrogens (tertiary/aromatic N) is 2. The first-order valence-electron chi connectivity index (χ1n) is 5.17. The van der Waals surface area contributed by atoms with Gasteiger partial charge in [-0.25, -0.2) is 8.42 Å². The molecule has 0 aromatic carbocycles. The summed E-state index contributed by atoms with van der Waals surface area (Å²) in [7, 11) is -1.47. The van der Waals surface area contributed by atoms with Crippen molar-refractivity contribution in [3.63, 3.8) is 0 Å². The average molecular weight is 343 g/mol. The lowest BCUT2D eigenvalue weighted by Crippen LogP contribution is -2.28. The molecule has 0 radical (unpaired) electrons. The van der Waals surface area contributed by atoms with Crippen LogP contribution in [-0.2, 0) is 19.6 Å². The van der Waals surface area contributed by atoms with Crippen LogP contribution in [0.2, 0.25) is 4.34 Å². The number of sulfonamides is 1. The Balaban J connectivity index is 2.96. The van der Waals surface area contributed by atoms with E-state index in [1.54, 1.807) is 0 Å². The standard InChI is InChI=1S/C9H11ClN2O6S2/c1-11(4-3-7(13)18-2)20(16,17)8-5-6(12(14)15)9(10)19-8/h5H,3-4H2,1-2H3. The Bertz CT molecular complexity index is 626. The molecule has 0 unspecified atom stereocenters. The Hall–Kier alpha value is -1.23. The molecule has 0 fully saturated rings. The van der Waals surface area contributed by atoms with Gasteiger partial charge in [0.2, 0.25) is 0 Å². The van der Waals surface area contributed by atoms with Crippen molar-refractivity contribution in [2.24, 2.45) is 0 Å². The van der Waals surface area contributed by atoms with E-state index in [9.17, 15) is 23.3 Å². The van der Waals surface area contributed by atoms with E-state index >= 15 is 0 Å². The molecule has 0 spiro atoms. The Morgan fingerprint density at radius 2 is 2.20 bits per heavy atom. The number of carbonyl (C=O) groups excluding carboxylic acids is 1. The smallest absolute Gasteiger partial charge is 0.306 e. The number of thiophene rings is 1. The minimum absolute atomic E-state index is 0.0989. The second kappa shape index (κ2) is 6.48. The van der Waals surface area contributed by atoms with Crippen LogP contribution in [0.1, 0.15) is 6.42 Å². The van der Waals surface area contributed by atoms with Gasteiger partial charge in [0.25, 0.3) is 15.7 Å². The Morgan fingerprint density at radius 3 is 2.65 bits per heavy atom. The maximum absolute atomic E-state index is 12.1. The van der Waals surface area contributed by atoms with Gasteiger partial charge < -0.3 is 4.74 Å². The predicted octanol–water partition coefficient (Wildman–Crippen LogP) is 1.49. The molecular weight excluding hydrogens is 332 g/mol. The van der Waals surface area contributed by atoms with E-state index in [0.29, 0.717) is 11.3 Å². The highest BCUT2D eigenvalue weighted by Crippen LogP contribution is 2.37. The molecule has 8 nitrogen and oxygen atoms in total. The molecule has 1 aromatic heterocycles. The Morgan fingerprint density at radius 1 is 1.60 bits per heavy atom. The summed E-state index contributed by atoms with van der Waals surface area (Å²) in [6.07, 6.45) is -0.118. The fourth-order valence-electron chi connectivity index (χ4n) is 1.21. The van der Waals surface area contributed by atoms with Crippen LogP contribution in [0, 0.1) is 10.1 Å². The summed E-state index contributed by atoms with van der Waals surface area (Å²) in [5.41, 5.74) is -0.461. The molecule has 1 heterocycles. The molecule has 0 aliphatic heterocycles. The zero-order valence-electron chi connectivity index (χ0n) is 10.5. The van der Waals surface area contributed by atoms with Gasteiger partial charge in [0.1, 0.15) is 4.21 Å². The molecule has 1 rings (SSSR count). The summed E-state index contributed by atoms with van der Waals surface area (Å²) in [4.78, 5) is 20.9. The summed E-state index contributed by atoms with van der Waals surface area (Å²) < 4.78 is 29.1. The van der Waals surface area contributed by atoms with Crippen molar-refractivity contribution in [3.8, 4) is 0 Å². The van der Waals surface area contributed by atoms with Crippen LogP contribution in [0.5, 0.6) is 0 Å². The van der Waals surface area contributed by atoms with Crippen LogP contribution < -0.4 is 0 Å². The second-order valence-corrected chi connectivity index (χ2v) is 7.56. The minimum Gasteiger partial charge on any atom is -0.469 e. The number of hydrogen-bond acceptors (Lipinski definition) is 7. The molecule has 112 valence electrons. The first kappa shape index (κ1) is 16.8. The third kappa shape index (κ3) is 3.66. The first-order valence-corrected chi connectivity index (χ1v) is 7.80. The molecule has 0 amide bonds. The van der Waals surface area contributed by atoms with Gasteiger partial charge in [-0.15, -0.1) is 11.3 Å². The van der Waals surface area contributed by atoms with E-state index in [-0.39, 0.29) is 21.5 Å². The quantitative estimate of drug-likeness (QED) is 0.440. The van der Waals surface area contributed by atoms with Crippen LogP contribution in [0.15, 0.2) is 10.3 Å². The van der Waals surface area contributed by atoms with E-state index in [1.807, 2.05) is 0 Å². The lowest BCUT2D eigenvalue weighted by atomic mass is 10.4. The Kier molecular flexibility index (Phi) is 5.45. The van der Waals surface area contributed by atoms with E-state index in [2.05, 4.69) is 4.74 Å². The summed E-state index contributed by atoms with van der Waals surface area (Å²) in [5, 5.41) is 10.6. The van der Waals surface area contributed by atoms with Gasteiger partial charge in [-0.1, -0.05) is 11.6 Å². The number of hydrogen-bond donors (Lipinski definition) is 0. The molecule has 0 aliphatic rings. The van der Waals surface area contributed by atoms with Gasteiger partial charge in [0, 0.05) is 19.7 Å². The summed E-state index contributed by atoms with van der Waals surface area (Å²) >= 11 is 6.22. The number of esters is 1. The molecule has 0 saturated heterocycles. The molecule has 11 heteroatoms. The average Bonchev–Trinajstić information content (AvgIpc) is 2.78. The maximum atomic E-state index is 12.1. The number of methoxy groups -OCH3 is 1. The number of ether oxygens (including phenoxy) is 1. The molecule has 0 aliphatic carbocycles. The molecular formula is C9H11ClN2O6S2. The molecule has 1 aromatic rings. The third-order valence-electron chi connectivity index (χ3n) is 2.37. The van der Waals surface area contributed by atoms with Gasteiger partial charge in [-0.2, -0.15) is 4.31 Å². The van der Waals surface area contributed by atoms with Gasteiger partial charge >= 0.3 is 5.97 Å². The Labute approximate surface area is 124 Å². The van der Waals surface area contributed by atoms with E-state index < -0.39 is 26.6 Å². The van der Waals surface area contributed by atoms with Crippen LogP contribution in [-0.4, -0.2) is 44.3 Å². The largest absolute Gasteiger partial charge is 0.469 e. The van der Waals surface area contributed by atoms with Crippen molar-refractivity contribution in [2.75, 3.05) is 20.7 Å². The van der Waals surface area contributed by atoms with Gasteiger partial charge in [-0.05, 0) is 0 Å². The monoisotopic (exact) mass is 342 g/mol. The number of rotatable bonds is 6. The highest BCUT2D eigenvalue weighted by molar-refractivity contribution is 7.91. The maximum Gasteiger partial charge on any atom is 0.306 e. The first-order chi connectivity index (χ1) is 9.20. The molecule has 0 bridgehead atoms. The zero-order chi connectivity index (χ0) is 15.5.